The van der Waals surface area contributed by atoms with Gasteiger partial charge in [0.15, 0.2) is 0 Å². The fourth-order valence-corrected chi connectivity index (χ4v) is 3.52. The molecule has 0 spiro atoms. The molecule has 34 heavy (non-hydrogen) atoms. The monoisotopic (exact) mass is 490 g/mol. The normalized spacial score (nSPS) is 12.5. The summed E-state index contributed by atoms with van der Waals surface area (Å²) in [7, 11) is 2.85. The summed E-state index contributed by atoms with van der Waals surface area (Å²) < 4.78 is 31.0. The van der Waals surface area contributed by atoms with E-state index in [0.29, 0.717) is 5.75 Å². The molecule has 1 unspecified atom stereocenters. The lowest BCUT2D eigenvalue weighted by molar-refractivity contribution is -0.123. The van der Waals surface area contributed by atoms with Crippen molar-refractivity contribution in [1.29, 1.82) is 0 Å². The van der Waals surface area contributed by atoms with Crippen LogP contribution in [0.15, 0.2) is 59.2 Å². The molecule has 3 aromatic rings. The number of benzene rings is 2. The lowest BCUT2D eigenvalue weighted by Gasteiger charge is -2.32. The molecule has 0 radical (unpaired) electrons. The summed E-state index contributed by atoms with van der Waals surface area (Å²) in [6, 6.07) is 10.0. The lowest BCUT2D eigenvalue weighted by Crippen LogP contribution is -2.46. The summed E-state index contributed by atoms with van der Waals surface area (Å²) in [5, 5.41) is 12.2. The molecule has 0 saturated heterocycles. The van der Waals surface area contributed by atoms with E-state index < -0.39 is 29.8 Å². The van der Waals surface area contributed by atoms with Gasteiger partial charge >= 0.3 is 0 Å². The Balaban J connectivity index is 2.26. The van der Waals surface area contributed by atoms with Gasteiger partial charge in [0.25, 0.3) is 5.91 Å². The molecule has 0 bridgehead atoms. The Hall–Kier alpha value is -3.56. The van der Waals surface area contributed by atoms with Gasteiger partial charge in [0.2, 0.25) is 11.7 Å². The second kappa shape index (κ2) is 11.0. The van der Waals surface area contributed by atoms with E-state index in [1.807, 2.05) is 0 Å². The highest BCUT2D eigenvalue weighted by Crippen LogP contribution is 2.39. The van der Waals surface area contributed by atoms with Crippen LogP contribution in [0.3, 0.4) is 0 Å². The third-order valence-corrected chi connectivity index (χ3v) is 5.25. The van der Waals surface area contributed by atoms with E-state index in [1.165, 1.54) is 63.8 Å². The first kappa shape index (κ1) is 25.1. The van der Waals surface area contributed by atoms with Gasteiger partial charge in [-0.3, -0.25) is 14.5 Å². The van der Waals surface area contributed by atoms with Gasteiger partial charge in [-0.05, 0) is 31.2 Å². The Labute approximate surface area is 200 Å². The van der Waals surface area contributed by atoms with E-state index in [1.54, 1.807) is 12.1 Å². The summed E-state index contributed by atoms with van der Waals surface area (Å²) in [5.41, 5.74) is 0.0562. The lowest BCUT2D eigenvalue weighted by atomic mass is 10.0. The van der Waals surface area contributed by atoms with Crippen LogP contribution in [-0.4, -0.2) is 43.8 Å². The van der Waals surface area contributed by atoms with Crippen LogP contribution in [0.5, 0.6) is 11.5 Å². The number of furan rings is 1. The number of carbonyl (C=O) groups excluding carboxylic acids is 2. The Morgan fingerprint density at radius 2 is 1.91 bits per heavy atom. The van der Waals surface area contributed by atoms with Crippen molar-refractivity contribution in [3.05, 3.63) is 77.0 Å². The fraction of sp³-hybridized carbons (Fsp3) is 0.250. The maximum Gasteiger partial charge on any atom is 0.296 e. The Morgan fingerprint density at radius 3 is 2.50 bits per heavy atom. The van der Waals surface area contributed by atoms with Crippen LogP contribution in [0.2, 0.25) is 5.02 Å². The average molecular weight is 491 g/mol. The third kappa shape index (κ3) is 5.32. The Morgan fingerprint density at radius 1 is 1.18 bits per heavy atom. The quantitative estimate of drug-likeness (QED) is 0.470. The van der Waals surface area contributed by atoms with Crippen LogP contribution >= 0.6 is 11.6 Å². The van der Waals surface area contributed by atoms with Crippen LogP contribution in [0.4, 0.5) is 10.1 Å². The number of halogens is 2. The van der Waals surface area contributed by atoms with Crippen molar-refractivity contribution in [1.82, 2.24) is 5.32 Å². The third-order valence-electron chi connectivity index (χ3n) is 4.95. The SMILES string of the molecule is COc1ccc(N(C(=O)c2occc2Cl)C(C(=O)NC[C@@H](C)O)c2ccccc2F)c(OC)c1. The minimum Gasteiger partial charge on any atom is -0.497 e. The molecule has 1 aromatic heterocycles. The zero-order chi connectivity index (χ0) is 24.8. The largest absolute Gasteiger partial charge is 0.497 e. The molecule has 1 heterocycles. The van der Waals surface area contributed by atoms with Gasteiger partial charge in [-0.2, -0.15) is 0 Å². The van der Waals surface area contributed by atoms with Crippen molar-refractivity contribution < 1.29 is 33.0 Å². The predicted octanol–water partition coefficient (Wildman–Crippen LogP) is 3.97. The number of aliphatic hydroxyl groups is 1. The van der Waals surface area contributed by atoms with Gasteiger partial charge in [0.1, 0.15) is 23.4 Å². The maximum absolute atomic E-state index is 15.0. The highest BCUT2D eigenvalue weighted by molar-refractivity contribution is 6.34. The van der Waals surface area contributed by atoms with E-state index in [-0.39, 0.29) is 34.3 Å². The number of hydrogen-bond donors (Lipinski definition) is 2. The molecular weight excluding hydrogens is 467 g/mol. The zero-order valence-electron chi connectivity index (χ0n) is 18.7. The molecule has 2 amide bonds. The van der Waals surface area contributed by atoms with Crippen molar-refractivity contribution in [3.8, 4) is 11.5 Å². The molecule has 2 aromatic carbocycles. The molecule has 0 fully saturated rings. The number of ether oxygens (including phenoxy) is 2. The number of amides is 2. The summed E-state index contributed by atoms with van der Waals surface area (Å²) in [6.07, 6.45) is 0.356. The molecule has 10 heteroatoms. The first-order valence-corrected chi connectivity index (χ1v) is 10.6. The molecule has 0 saturated carbocycles. The number of nitrogens with zero attached hydrogens (tertiary/aromatic N) is 1. The van der Waals surface area contributed by atoms with Gasteiger partial charge in [-0.15, -0.1) is 0 Å². The highest BCUT2D eigenvalue weighted by Gasteiger charge is 2.38. The number of methoxy groups -OCH3 is 2. The number of carbonyl (C=O) groups is 2. The number of nitrogens with one attached hydrogen (secondary N) is 1. The summed E-state index contributed by atoms with van der Waals surface area (Å²) in [4.78, 5) is 28.2. The molecular formula is C24H24ClFN2O6. The number of hydrogen-bond acceptors (Lipinski definition) is 6. The van der Waals surface area contributed by atoms with E-state index >= 15 is 0 Å². The van der Waals surface area contributed by atoms with Crippen LogP contribution in [-0.2, 0) is 4.79 Å². The summed E-state index contributed by atoms with van der Waals surface area (Å²) in [6.45, 7) is 1.36. The van der Waals surface area contributed by atoms with Crippen molar-refractivity contribution in [2.75, 3.05) is 25.7 Å². The van der Waals surface area contributed by atoms with Crippen LogP contribution in [0.25, 0.3) is 0 Å². The molecule has 0 aliphatic heterocycles. The van der Waals surface area contributed by atoms with Gasteiger partial charge in [-0.25, -0.2) is 4.39 Å². The Kier molecular flexibility index (Phi) is 8.14. The van der Waals surface area contributed by atoms with Crippen LogP contribution in [0.1, 0.15) is 29.1 Å². The first-order valence-electron chi connectivity index (χ1n) is 10.3. The number of anilines is 1. The molecule has 2 N–H and O–H groups in total. The van der Waals surface area contributed by atoms with E-state index in [4.69, 9.17) is 25.5 Å². The van der Waals surface area contributed by atoms with Gasteiger partial charge in [0, 0.05) is 18.2 Å². The average Bonchev–Trinajstić information content (AvgIpc) is 3.26. The molecule has 3 rings (SSSR count). The number of rotatable bonds is 9. The van der Waals surface area contributed by atoms with Crippen LogP contribution in [0, 0.1) is 5.82 Å². The van der Waals surface area contributed by atoms with E-state index in [9.17, 15) is 19.1 Å². The van der Waals surface area contributed by atoms with Crippen molar-refractivity contribution in [2.45, 2.75) is 19.1 Å². The summed E-state index contributed by atoms with van der Waals surface area (Å²) in [5.74, 6) is -1.89. The number of aliphatic hydroxyl groups excluding tert-OH is 1. The van der Waals surface area contributed by atoms with Gasteiger partial charge in [0.05, 0.1) is 37.3 Å². The van der Waals surface area contributed by atoms with Crippen molar-refractivity contribution in [3.63, 3.8) is 0 Å². The zero-order valence-corrected chi connectivity index (χ0v) is 19.5. The minimum absolute atomic E-state index is 0.0131. The molecule has 2 atom stereocenters. The van der Waals surface area contributed by atoms with E-state index in [0.717, 1.165) is 4.90 Å². The van der Waals surface area contributed by atoms with Crippen molar-refractivity contribution >= 4 is 29.1 Å². The topological polar surface area (TPSA) is 101 Å². The highest BCUT2D eigenvalue weighted by atomic mass is 35.5. The minimum atomic E-state index is -1.50. The summed E-state index contributed by atoms with van der Waals surface area (Å²) >= 11 is 6.15. The predicted molar refractivity (Wildman–Crippen MR) is 124 cm³/mol. The van der Waals surface area contributed by atoms with E-state index in [2.05, 4.69) is 5.32 Å². The molecule has 8 nitrogen and oxygen atoms in total. The molecule has 0 aliphatic rings. The van der Waals surface area contributed by atoms with Gasteiger partial charge in [-0.1, -0.05) is 29.8 Å². The fourth-order valence-electron chi connectivity index (χ4n) is 3.34. The molecule has 180 valence electrons. The second-order valence-corrected chi connectivity index (χ2v) is 7.74. The second-order valence-electron chi connectivity index (χ2n) is 7.33. The standard InChI is InChI=1S/C24H24ClFN2O6/c1-14(29)13-27-23(30)21(16-6-4-5-7-18(16)26)28(24(31)22-17(25)10-11-34-22)19-9-8-15(32-2)12-20(19)33-3/h4-12,14,21,29H,13H2,1-3H3,(H,27,30)/t14-,21?/m1/s1. The van der Waals surface area contributed by atoms with Crippen molar-refractivity contribution in [2.24, 2.45) is 0 Å². The van der Waals surface area contributed by atoms with Gasteiger partial charge < -0.3 is 24.3 Å². The van der Waals surface area contributed by atoms with Crippen LogP contribution < -0.4 is 19.7 Å². The first-order chi connectivity index (χ1) is 16.3. The molecule has 0 aliphatic carbocycles. The Bertz CT molecular complexity index is 1170. The maximum atomic E-state index is 15.0. The smallest absolute Gasteiger partial charge is 0.296 e.